The van der Waals surface area contributed by atoms with Crippen molar-refractivity contribution in [1.29, 1.82) is 0 Å². The fourth-order valence-electron chi connectivity index (χ4n) is 2.16. The molecule has 144 valence electrons. The maximum absolute atomic E-state index is 11.9. The van der Waals surface area contributed by atoms with Crippen LogP contribution in [0.1, 0.15) is 22.8 Å². The molecule has 0 atom stereocenters. The topological polar surface area (TPSA) is 94.1 Å². The summed E-state index contributed by atoms with van der Waals surface area (Å²) in [7, 11) is 0. The Morgan fingerprint density at radius 1 is 1.04 bits per heavy atom. The predicted molar refractivity (Wildman–Crippen MR) is 99.2 cm³/mol. The Labute approximate surface area is 157 Å². The van der Waals surface area contributed by atoms with Gasteiger partial charge >= 0.3 is 5.97 Å². The zero-order valence-electron chi connectivity index (χ0n) is 15.4. The van der Waals surface area contributed by atoms with E-state index in [-0.39, 0.29) is 24.5 Å². The SMILES string of the molecule is CCOc1ccc(OCCNC(=O)COC(=O)c2ccc(C)c(O)c2)cc1. The quantitative estimate of drug-likeness (QED) is 0.518. The van der Waals surface area contributed by atoms with Gasteiger partial charge in [0.1, 0.15) is 23.9 Å². The van der Waals surface area contributed by atoms with E-state index in [0.717, 1.165) is 5.75 Å². The molecule has 0 bridgehead atoms. The lowest BCUT2D eigenvalue weighted by molar-refractivity contribution is -0.124. The van der Waals surface area contributed by atoms with Gasteiger partial charge in [0.25, 0.3) is 5.91 Å². The maximum atomic E-state index is 11.9. The van der Waals surface area contributed by atoms with Crippen LogP contribution < -0.4 is 14.8 Å². The third-order valence-corrected chi connectivity index (χ3v) is 3.61. The second-order valence-corrected chi connectivity index (χ2v) is 5.68. The molecule has 1 amide bonds. The first-order chi connectivity index (χ1) is 13.0. The van der Waals surface area contributed by atoms with Crippen LogP contribution in [0.2, 0.25) is 0 Å². The van der Waals surface area contributed by atoms with Crippen molar-refractivity contribution < 1.29 is 28.9 Å². The van der Waals surface area contributed by atoms with Crippen LogP contribution in [0, 0.1) is 6.92 Å². The van der Waals surface area contributed by atoms with Crippen LogP contribution >= 0.6 is 0 Å². The molecule has 0 aliphatic rings. The number of amides is 1. The van der Waals surface area contributed by atoms with Gasteiger partial charge in [-0.25, -0.2) is 4.79 Å². The molecular formula is C20H23NO6. The zero-order valence-corrected chi connectivity index (χ0v) is 15.4. The Hall–Kier alpha value is -3.22. The summed E-state index contributed by atoms with van der Waals surface area (Å²) in [4.78, 5) is 23.6. The molecule has 7 nitrogen and oxygen atoms in total. The number of hydrogen-bond donors (Lipinski definition) is 2. The smallest absolute Gasteiger partial charge is 0.338 e. The van der Waals surface area contributed by atoms with Gasteiger partial charge in [0, 0.05) is 0 Å². The number of carbonyl (C=O) groups excluding carboxylic acids is 2. The first-order valence-electron chi connectivity index (χ1n) is 8.58. The fraction of sp³-hybridized carbons (Fsp3) is 0.300. The number of hydrogen-bond acceptors (Lipinski definition) is 6. The Balaban J connectivity index is 1.65. The van der Waals surface area contributed by atoms with Gasteiger partial charge in [-0.05, 0) is 55.8 Å². The number of ether oxygens (including phenoxy) is 3. The van der Waals surface area contributed by atoms with Crippen LogP contribution in [0.4, 0.5) is 0 Å². The predicted octanol–water partition coefficient (Wildman–Crippen LogP) is 2.45. The minimum Gasteiger partial charge on any atom is -0.508 e. The summed E-state index contributed by atoms with van der Waals surface area (Å²) in [6, 6.07) is 11.6. The summed E-state index contributed by atoms with van der Waals surface area (Å²) >= 11 is 0. The Bertz CT molecular complexity index is 773. The average molecular weight is 373 g/mol. The molecule has 2 aromatic rings. The van der Waals surface area contributed by atoms with Crippen molar-refractivity contribution in [2.45, 2.75) is 13.8 Å². The Kier molecular flexibility index (Phi) is 7.49. The summed E-state index contributed by atoms with van der Waals surface area (Å²) in [5.41, 5.74) is 0.835. The van der Waals surface area contributed by atoms with Crippen molar-refractivity contribution in [3.8, 4) is 17.2 Å². The highest BCUT2D eigenvalue weighted by atomic mass is 16.5. The number of phenolic OH excluding ortho intramolecular Hbond substituents is 1. The van der Waals surface area contributed by atoms with E-state index in [4.69, 9.17) is 14.2 Å². The third kappa shape index (κ3) is 6.54. The van der Waals surface area contributed by atoms with Crippen molar-refractivity contribution in [3.05, 3.63) is 53.6 Å². The molecule has 0 spiro atoms. The highest BCUT2D eigenvalue weighted by Gasteiger charge is 2.11. The van der Waals surface area contributed by atoms with E-state index >= 15 is 0 Å². The van der Waals surface area contributed by atoms with E-state index in [1.807, 2.05) is 6.92 Å². The lowest BCUT2D eigenvalue weighted by Gasteiger charge is -2.09. The largest absolute Gasteiger partial charge is 0.508 e. The van der Waals surface area contributed by atoms with Gasteiger partial charge in [-0.3, -0.25) is 4.79 Å². The molecule has 27 heavy (non-hydrogen) atoms. The van der Waals surface area contributed by atoms with Crippen molar-refractivity contribution >= 4 is 11.9 Å². The standard InChI is InChI=1S/C20H23NO6/c1-3-25-16-6-8-17(9-7-16)26-11-10-21-19(23)13-27-20(24)15-5-4-14(2)18(22)12-15/h4-9,12,22H,3,10-11,13H2,1-2H3,(H,21,23). The summed E-state index contributed by atoms with van der Waals surface area (Å²) in [6.07, 6.45) is 0. The molecular weight excluding hydrogens is 350 g/mol. The molecule has 2 rings (SSSR count). The Morgan fingerprint density at radius 3 is 2.33 bits per heavy atom. The molecule has 0 aromatic heterocycles. The van der Waals surface area contributed by atoms with Gasteiger partial charge in [0.15, 0.2) is 6.61 Å². The van der Waals surface area contributed by atoms with Gasteiger partial charge in [0.05, 0.1) is 18.7 Å². The van der Waals surface area contributed by atoms with E-state index in [1.165, 1.54) is 12.1 Å². The number of aromatic hydroxyl groups is 1. The van der Waals surface area contributed by atoms with E-state index < -0.39 is 18.5 Å². The maximum Gasteiger partial charge on any atom is 0.338 e. The fourth-order valence-corrected chi connectivity index (χ4v) is 2.16. The molecule has 0 aliphatic heterocycles. The van der Waals surface area contributed by atoms with E-state index in [1.54, 1.807) is 37.3 Å². The van der Waals surface area contributed by atoms with Crippen LogP contribution in [0.25, 0.3) is 0 Å². The van der Waals surface area contributed by atoms with E-state index in [9.17, 15) is 14.7 Å². The highest BCUT2D eigenvalue weighted by molar-refractivity contribution is 5.91. The molecule has 0 saturated carbocycles. The molecule has 0 aliphatic carbocycles. The van der Waals surface area contributed by atoms with Crippen molar-refractivity contribution in [2.24, 2.45) is 0 Å². The molecule has 2 N–H and O–H groups in total. The first kappa shape index (κ1) is 20.1. The lowest BCUT2D eigenvalue weighted by Crippen LogP contribution is -2.32. The van der Waals surface area contributed by atoms with Crippen molar-refractivity contribution in [3.63, 3.8) is 0 Å². The second-order valence-electron chi connectivity index (χ2n) is 5.68. The number of rotatable bonds is 9. The Morgan fingerprint density at radius 2 is 1.70 bits per heavy atom. The van der Waals surface area contributed by atoms with Gasteiger partial charge in [-0.2, -0.15) is 0 Å². The summed E-state index contributed by atoms with van der Waals surface area (Å²) in [5, 5.41) is 12.2. The summed E-state index contributed by atoms with van der Waals surface area (Å²) in [5.74, 6) is 0.321. The van der Waals surface area contributed by atoms with E-state index in [2.05, 4.69) is 5.32 Å². The van der Waals surface area contributed by atoms with Crippen LogP contribution in [0.5, 0.6) is 17.2 Å². The van der Waals surface area contributed by atoms with Crippen LogP contribution in [-0.4, -0.2) is 43.3 Å². The molecule has 0 unspecified atom stereocenters. The molecule has 0 saturated heterocycles. The molecule has 0 fully saturated rings. The van der Waals surface area contributed by atoms with E-state index in [0.29, 0.717) is 17.9 Å². The van der Waals surface area contributed by atoms with Gasteiger partial charge in [-0.15, -0.1) is 0 Å². The lowest BCUT2D eigenvalue weighted by atomic mass is 10.1. The molecule has 2 aromatic carbocycles. The minimum atomic E-state index is -0.675. The molecule has 0 radical (unpaired) electrons. The van der Waals surface area contributed by atoms with Gasteiger partial charge < -0.3 is 24.6 Å². The summed E-state index contributed by atoms with van der Waals surface area (Å²) < 4.78 is 15.8. The third-order valence-electron chi connectivity index (χ3n) is 3.61. The number of esters is 1. The van der Waals surface area contributed by atoms with Gasteiger partial charge in [0.2, 0.25) is 0 Å². The van der Waals surface area contributed by atoms with Crippen LogP contribution in [-0.2, 0) is 9.53 Å². The second kappa shape index (κ2) is 10.1. The average Bonchev–Trinajstić information content (AvgIpc) is 2.67. The normalized spacial score (nSPS) is 10.1. The van der Waals surface area contributed by atoms with Crippen LogP contribution in [0.15, 0.2) is 42.5 Å². The molecule has 0 heterocycles. The minimum absolute atomic E-state index is 0.000314. The summed E-state index contributed by atoms with van der Waals surface area (Å²) in [6.45, 7) is 4.37. The number of benzene rings is 2. The van der Waals surface area contributed by atoms with Crippen molar-refractivity contribution in [1.82, 2.24) is 5.32 Å². The highest BCUT2D eigenvalue weighted by Crippen LogP contribution is 2.18. The number of aryl methyl sites for hydroxylation is 1. The van der Waals surface area contributed by atoms with Crippen LogP contribution in [0.3, 0.4) is 0 Å². The zero-order chi connectivity index (χ0) is 19.6. The van der Waals surface area contributed by atoms with Crippen molar-refractivity contribution in [2.75, 3.05) is 26.4 Å². The number of phenols is 1. The molecule has 7 heteroatoms. The monoisotopic (exact) mass is 373 g/mol. The van der Waals surface area contributed by atoms with Gasteiger partial charge in [-0.1, -0.05) is 6.07 Å². The first-order valence-corrected chi connectivity index (χ1v) is 8.58. The number of carbonyl (C=O) groups is 2. The number of nitrogens with one attached hydrogen (secondary N) is 1.